The van der Waals surface area contributed by atoms with Gasteiger partial charge in [-0.2, -0.15) is 0 Å². The predicted molar refractivity (Wildman–Crippen MR) is 73.6 cm³/mol. The van der Waals surface area contributed by atoms with Crippen LogP contribution in [0.5, 0.6) is 0 Å². The second-order valence-corrected chi connectivity index (χ2v) is 4.67. The molecule has 0 saturated carbocycles. The van der Waals surface area contributed by atoms with Crippen molar-refractivity contribution in [1.29, 1.82) is 0 Å². The van der Waals surface area contributed by atoms with Crippen LogP contribution in [0, 0.1) is 0 Å². The van der Waals surface area contributed by atoms with Gasteiger partial charge in [-0.05, 0) is 44.1 Å². The van der Waals surface area contributed by atoms with Crippen molar-refractivity contribution in [3.63, 3.8) is 0 Å². The summed E-state index contributed by atoms with van der Waals surface area (Å²) in [5, 5.41) is 0. The van der Waals surface area contributed by atoms with Crippen LogP contribution in [0.4, 0.5) is 0 Å². The standard InChI is InChI=1S/C16H26/c1-2-3-13-16-14-11-9-7-5-4-6-8-10-12-15-16/h9,11-12,14-15H,2-8,10,13H2,1H3/b11-9-,15-12-,16-14+. The predicted octanol–water partition coefficient (Wildman–Crippen LogP) is 5.57. The van der Waals surface area contributed by atoms with Gasteiger partial charge in [-0.25, -0.2) is 0 Å². The summed E-state index contributed by atoms with van der Waals surface area (Å²) in [7, 11) is 0. The molecule has 0 spiro atoms. The zero-order valence-corrected chi connectivity index (χ0v) is 10.8. The highest BCUT2D eigenvalue weighted by atomic mass is 14.0. The molecule has 0 nitrogen and oxygen atoms in total. The van der Waals surface area contributed by atoms with Crippen LogP contribution in [0.2, 0.25) is 0 Å². The van der Waals surface area contributed by atoms with E-state index in [4.69, 9.17) is 0 Å². The third-order valence-electron chi connectivity index (χ3n) is 3.09. The summed E-state index contributed by atoms with van der Waals surface area (Å²) in [6.45, 7) is 2.26. The normalized spacial score (nSPS) is 25.9. The average molecular weight is 218 g/mol. The van der Waals surface area contributed by atoms with Gasteiger partial charge in [0.05, 0.1) is 0 Å². The highest BCUT2D eigenvalue weighted by Crippen LogP contribution is 2.13. The molecule has 0 aromatic heterocycles. The Morgan fingerprint density at radius 3 is 2.50 bits per heavy atom. The van der Waals surface area contributed by atoms with Crippen molar-refractivity contribution in [2.75, 3.05) is 0 Å². The Labute approximate surface area is 101 Å². The van der Waals surface area contributed by atoms with Gasteiger partial charge >= 0.3 is 0 Å². The average Bonchev–Trinajstić information content (AvgIpc) is 2.28. The molecule has 0 unspecified atom stereocenters. The molecule has 0 aromatic rings. The van der Waals surface area contributed by atoms with E-state index in [0.717, 1.165) is 0 Å². The number of unbranched alkanes of at least 4 members (excludes halogenated alkanes) is 1. The summed E-state index contributed by atoms with van der Waals surface area (Å²) >= 11 is 0. The molecule has 0 heteroatoms. The number of hydrogen-bond donors (Lipinski definition) is 0. The third-order valence-corrected chi connectivity index (χ3v) is 3.09. The Morgan fingerprint density at radius 1 is 1.00 bits per heavy atom. The Balaban J connectivity index is 2.51. The van der Waals surface area contributed by atoms with Gasteiger partial charge in [0.25, 0.3) is 0 Å². The van der Waals surface area contributed by atoms with Crippen LogP contribution in [0.1, 0.15) is 64.7 Å². The quantitative estimate of drug-likeness (QED) is 0.581. The Hall–Kier alpha value is -0.780. The van der Waals surface area contributed by atoms with Crippen LogP contribution in [-0.2, 0) is 0 Å². The maximum absolute atomic E-state index is 2.36. The van der Waals surface area contributed by atoms with Gasteiger partial charge < -0.3 is 0 Å². The van der Waals surface area contributed by atoms with Gasteiger partial charge in [0.15, 0.2) is 0 Å². The fraction of sp³-hybridized carbons (Fsp3) is 0.625. The van der Waals surface area contributed by atoms with E-state index in [2.05, 4.69) is 37.3 Å². The maximum Gasteiger partial charge on any atom is -0.0279 e. The van der Waals surface area contributed by atoms with Gasteiger partial charge in [-0.15, -0.1) is 0 Å². The van der Waals surface area contributed by atoms with Crippen LogP contribution >= 0.6 is 0 Å². The smallest absolute Gasteiger partial charge is 0.0279 e. The van der Waals surface area contributed by atoms with Crippen LogP contribution in [0.3, 0.4) is 0 Å². The lowest BCUT2D eigenvalue weighted by atomic mass is 10.0. The van der Waals surface area contributed by atoms with Crippen LogP contribution in [0.25, 0.3) is 0 Å². The van der Waals surface area contributed by atoms with Crippen LogP contribution in [0.15, 0.2) is 36.0 Å². The van der Waals surface area contributed by atoms with Crippen molar-refractivity contribution in [2.24, 2.45) is 0 Å². The van der Waals surface area contributed by atoms with Gasteiger partial charge in [0, 0.05) is 0 Å². The third kappa shape index (κ3) is 6.66. The molecule has 0 fully saturated rings. The van der Waals surface area contributed by atoms with E-state index < -0.39 is 0 Å². The SMILES string of the molecule is CCCCC1=C\C=C/CCCCCC/C=C\1. The first-order valence-corrected chi connectivity index (χ1v) is 6.95. The molecule has 0 N–H and O–H groups in total. The Morgan fingerprint density at radius 2 is 1.75 bits per heavy atom. The molecule has 0 aromatic carbocycles. The summed E-state index contributed by atoms with van der Waals surface area (Å²) in [6, 6.07) is 0. The van der Waals surface area contributed by atoms with E-state index in [9.17, 15) is 0 Å². The fourth-order valence-corrected chi connectivity index (χ4v) is 2.00. The highest BCUT2D eigenvalue weighted by molar-refractivity contribution is 5.23. The highest BCUT2D eigenvalue weighted by Gasteiger charge is 1.93. The van der Waals surface area contributed by atoms with E-state index in [0.29, 0.717) is 0 Å². The first kappa shape index (κ1) is 13.3. The van der Waals surface area contributed by atoms with Gasteiger partial charge in [0.1, 0.15) is 0 Å². The summed E-state index contributed by atoms with van der Waals surface area (Å²) in [4.78, 5) is 0. The van der Waals surface area contributed by atoms with E-state index >= 15 is 0 Å². The summed E-state index contributed by atoms with van der Waals surface area (Å²) in [5.74, 6) is 0. The molecule has 0 saturated heterocycles. The van der Waals surface area contributed by atoms with Gasteiger partial charge in [-0.3, -0.25) is 0 Å². The molecule has 1 rings (SSSR count). The Bertz CT molecular complexity index is 243. The largest absolute Gasteiger partial charge is 0.0845 e. The molecule has 0 aliphatic heterocycles. The second-order valence-electron chi connectivity index (χ2n) is 4.67. The zero-order chi connectivity index (χ0) is 11.5. The van der Waals surface area contributed by atoms with Gasteiger partial charge in [0.2, 0.25) is 0 Å². The number of hydrogen-bond acceptors (Lipinski definition) is 0. The molecule has 0 bridgehead atoms. The fourth-order valence-electron chi connectivity index (χ4n) is 2.00. The number of rotatable bonds is 3. The molecule has 16 heavy (non-hydrogen) atoms. The van der Waals surface area contributed by atoms with Crippen molar-refractivity contribution in [3.05, 3.63) is 36.0 Å². The lowest BCUT2D eigenvalue weighted by molar-refractivity contribution is 0.652. The minimum atomic E-state index is 1.23. The van der Waals surface area contributed by atoms with Crippen LogP contribution in [-0.4, -0.2) is 0 Å². The van der Waals surface area contributed by atoms with E-state index in [-0.39, 0.29) is 0 Å². The van der Waals surface area contributed by atoms with Crippen molar-refractivity contribution in [2.45, 2.75) is 64.7 Å². The summed E-state index contributed by atoms with van der Waals surface area (Å²) in [5.41, 5.74) is 1.50. The van der Waals surface area contributed by atoms with Crippen molar-refractivity contribution in [3.8, 4) is 0 Å². The Kier molecular flexibility index (Phi) is 7.84. The molecular weight excluding hydrogens is 192 g/mol. The topological polar surface area (TPSA) is 0 Å². The van der Waals surface area contributed by atoms with Crippen molar-refractivity contribution >= 4 is 0 Å². The first-order valence-electron chi connectivity index (χ1n) is 6.95. The second kappa shape index (κ2) is 9.45. The van der Waals surface area contributed by atoms with E-state index in [1.54, 1.807) is 0 Å². The lowest BCUT2D eigenvalue weighted by Crippen LogP contribution is -1.82. The van der Waals surface area contributed by atoms with Gasteiger partial charge in [-0.1, -0.05) is 56.6 Å². The molecular formula is C16H26. The zero-order valence-electron chi connectivity index (χ0n) is 10.8. The van der Waals surface area contributed by atoms with Crippen LogP contribution < -0.4 is 0 Å². The number of allylic oxidation sites excluding steroid dienone is 6. The monoisotopic (exact) mass is 218 g/mol. The molecule has 1 aliphatic carbocycles. The minimum absolute atomic E-state index is 1.23. The maximum atomic E-state index is 2.36. The molecule has 0 atom stereocenters. The summed E-state index contributed by atoms with van der Waals surface area (Å²) < 4.78 is 0. The molecule has 0 radical (unpaired) electrons. The summed E-state index contributed by atoms with van der Waals surface area (Å²) in [6.07, 6.45) is 23.4. The van der Waals surface area contributed by atoms with E-state index in [1.165, 1.54) is 63.4 Å². The molecule has 1 aliphatic rings. The molecule has 0 heterocycles. The molecule has 0 amide bonds. The first-order chi connectivity index (χ1) is 7.93. The van der Waals surface area contributed by atoms with Crippen molar-refractivity contribution < 1.29 is 0 Å². The minimum Gasteiger partial charge on any atom is -0.0845 e. The van der Waals surface area contributed by atoms with Crippen molar-refractivity contribution in [1.82, 2.24) is 0 Å². The lowest BCUT2D eigenvalue weighted by Gasteiger charge is -2.02. The molecule has 90 valence electrons. The van der Waals surface area contributed by atoms with E-state index in [1.807, 2.05) is 0 Å².